The quantitative estimate of drug-likeness (QED) is 0.130. The molecule has 0 saturated carbocycles. The number of rotatable bonds is 15. The lowest BCUT2D eigenvalue weighted by Gasteiger charge is -2.50. The molecule has 2 aliphatic rings. The van der Waals surface area contributed by atoms with Crippen LogP contribution in [0.4, 0.5) is 0 Å². The van der Waals surface area contributed by atoms with Gasteiger partial charge in [-0.15, -0.1) is 0 Å². The summed E-state index contributed by atoms with van der Waals surface area (Å²) in [7, 11) is 3.45. The number of nitrogens with one attached hydrogen (secondary N) is 1. The van der Waals surface area contributed by atoms with E-state index in [0.29, 0.717) is 12.3 Å². The molecule has 6 nitrogen and oxygen atoms in total. The molecule has 1 fully saturated rings. The number of carbonyl (C=O) groups is 1. The first kappa shape index (κ1) is 34.6. The maximum atomic E-state index is 12.7. The van der Waals surface area contributed by atoms with Crippen LogP contribution in [0, 0.1) is 0 Å². The molecular formula is C43H52N2O4. The number of nitrogens with zero attached hydrogens (tertiary/aromatic N) is 1. The van der Waals surface area contributed by atoms with Gasteiger partial charge in [0.15, 0.2) is 18.1 Å². The second-order valence-electron chi connectivity index (χ2n) is 13.8. The molecule has 1 N–H and O–H groups in total. The number of hydrogen-bond donors (Lipinski definition) is 1. The number of amides is 1. The number of carbonyl (C=O) groups excluding carboxylic acids is 1. The van der Waals surface area contributed by atoms with E-state index in [0.717, 1.165) is 63.1 Å². The Morgan fingerprint density at radius 2 is 1.39 bits per heavy atom. The molecule has 1 atom stereocenters. The summed E-state index contributed by atoms with van der Waals surface area (Å²) in [5.41, 5.74) is 5.55. The molecular weight excluding hydrogens is 608 g/mol. The van der Waals surface area contributed by atoms with Gasteiger partial charge in [-0.1, -0.05) is 85.3 Å². The Labute approximate surface area is 292 Å². The Kier molecular flexibility index (Phi) is 11.6. The lowest BCUT2D eigenvalue weighted by molar-refractivity contribution is -0.123. The van der Waals surface area contributed by atoms with Gasteiger partial charge in [-0.05, 0) is 117 Å². The summed E-state index contributed by atoms with van der Waals surface area (Å²) in [5.74, 6) is 2.28. The number of aryl methyl sites for hydroxylation is 1. The van der Waals surface area contributed by atoms with E-state index in [1.807, 2.05) is 30.3 Å². The molecule has 1 heterocycles. The number of likely N-dealkylation sites (tertiary alicyclic amines) is 1. The fourth-order valence-electron chi connectivity index (χ4n) is 8.44. The summed E-state index contributed by atoms with van der Waals surface area (Å²) in [6.07, 6.45) is 11.1. The first-order valence-electron chi connectivity index (χ1n) is 18.1. The molecule has 1 spiro atoms. The van der Waals surface area contributed by atoms with E-state index in [4.69, 9.17) is 14.2 Å². The van der Waals surface area contributed by atoms with Gasteiger partial charge in [0.25, 0.3) is 5.91 Å². The molecule has 4 aromatic carbocycles. The number of hydrogen-bond acceptors (Lipinski definition) is 5. The first-order chi connectivity index (χ1) is 24.0. The van der Waals surface area contributed by atoms with Crippen molar-refractivity contribution in [3.05, 3.63) is 125 Å². The van der Waals surface area contributed by atoms with Crippen molar-refractivity contribution in [2.45, 2.75) is 75.2 Å². The second-order valence-corrected chi connectivity index (χ2v) is 13.8. The second kappa shape index (κ2) is 16.4. The Morgan fingerprint density at radius 1 is 0.776 bits per heavy atom. The van der Waals surface area contributed by atoms with Gasteiger partial charge in [-0.3, -0.25) is 9.69 Å². The van der Waals surface area contributed by atoms with Crippen LogP contribution in [-0.2, 0) is 23.1 Å². The number of fused-ring (bicyclic) bond motifs is 1. The normalized spacial score (nSPS) is 17.7. The molecule has 258 valence electrons. The zero-order valence-corrected chi connectivity index (χ0v) is 29.3. The van der Waals surface area contributed by atoms with E-state index in [9.17, 15) is 4.79 Å². The molecule has 6 heteroatoms. The third-order valence-electron chi connectivity index (χ3n) is 11.0. The van der Waals surface area contributed by atoms with Gasteiger partial charge >= 0.3 is 0 Å². The molecule has 1 amide bonds. The fraction of sp³-hybridized carbons (Fsp3) is 0.419. The molecule has 0 radical (unpaired) electrons. The lowest BCUT2D eigenvalue weighted by atomic mass is 9.68. The van der Waals surface area contributed by atoms with E-state index in [-0.39, 0.29) is 23.5 Å². The predicted octanol–water partition coefficient (Wildman–Crippen LogP) is 8.16. The minimum absolute atomic E-state index is 0.0227. The third-order valence-corrected chi connectivity index (χ3v) is 11.0. The van der Waals surface area contributed by atoms with Gasteiger partial charge in [-0.25, -0.2) is 0 Å². The van der Waals surface area contributed by atoms with Crippen molar-refractivity contribution >= 4 is 5.91 Å². The van der Waals surface area contributed by atoms with E-state index < -0.39 is 0 Å². The molecule has 6 rings (SSSR count). The van der Waals surface area contributed by atoms with Crippen molar-refractivity contribution in [3.8, 4) is 17.2 Å². The SMILES string of the molecule is COc1cc2c(cc1OC)CC1(CCCCN1CCCC(CCCNC(=O)COc1ccccc1)(c1ccccc1)c1ccccc1)CC2. The smallest absolute Gasteiger partial charge is 0.257 e. The van der Waals surface area contributed by atoms with E-state index in [1.165, 1.54) is 47.9 Å². The number of piperidine rings is 1. The zero-order valence-electron chi connectivity index (χ0n) is 29.3. The zero-order chi connectivity index (χ0) is 33.9. The van der Waals surface area contributed by atoms with Gasteiger partial charge in [-0.2, -0.15) is 0 Å². The monoisotopic (exact) mass is 660 g/mol. The highest BCUT2D eigenvalue weighted by atomic mass is 16.5. The van der Waals surface area contributed by atoms with Gasteiger partial charge < -0.3 is 19.5 Å². The van der Waals surface area contributed by atoms with Crippen LogP contribution in [0.1, 0.15) is 73.6 Å². The average molecular weight is 661 g/mol. The predicted molar refractivity (Wildman–Crippen MR) is 197 cm³/mol. The summed E-state index contributed by atoms with van der Waals surface area (Å²) < 4.78 is 17.0. The Balaban J connectivity index is 1.16. The van der Waals surface area contributed by atoms with Gasteiger partial charge in [0.05, 0.1) is 14.2 Å². The van der Waals surface area contributed by atoms with Crippen molar-refractivity contribution in [2.24, 2.45) is 0 Å². The molecule has 4 aromatic rings. The van der Waals surface area contributed by atoms with E-state index in [1.54, 1.807) is 14.2 Å². The maximum absolute atomic E-state index is 12.7. The van der Waals surface area contributed by atoms with E-state index >= 15 is 0 Å². The fourth-order valence-corrected chi connectivity index (χ4v) is 8.44. The van der Waals surface area contributed by atoms with Gasteiger partial charge in [0.2, 0.25) is 0 Å². The highest BCUT2D eigenvalue weighted by Gasteiger charge is 2.42. The van der Waals surface area contributed by atoms with Gasteiger partial charge in [0.1, 0.15) is 5.75 Å². The average Bonchev–Trinajstić information content (AvgIpc) is 3.16. The Bertz CT molecular complexity index is 1590. The van der Waals surface area contributed by atoms with E-state index in [2.05, 4.69) is 83.0 Å². The molecule has 1 saturated heterocycles. The molecule has 1 aliphatic heterocycles. The van der Waals surface area contributed by atoms with Crippen LogP contribution < -0.4 is 19.5 Å². The molecule has 1 unspecified atom stereocenters. The summed E-state index contributed by atoms with van der Waals surface area (Å²) in [4.78, 5) is 15.5. The third kappa shape index (κ3) is 8.13. The summed E-state index contributed by atoms with van der Waals surface area (Å²) in [5, 5.41) is 3.11. The van der Waals surface area contributed by atoms with Crippen LogP contribution in [0.15, 0.2) is 103 Å². The lowest BCUT2D eigenvalue weighted by Crippen LogP contribution is -2.55. The van der Waals surface area contributed by atoms with Crippen molar-refractivity contribution < 1.29 is 19.0 Å². The summed E-state index contributed by atoms with van der Waals surface area (Å²) in [6, 6.07) is 36.0. The minimum atomic E-state index is -0.153. The Morgan fingerprint density at radius 3 is 2.04 bits per heavy atom. The summed E-state index contributed by atoms with van der Waals surface area (Å²) in [6.45, 7) is 2.87. The Hall–Kier alpha value is -4.29. The van der Waals surface area contributed by atoms with Crippen LogP contribution in [0.5, 0.6) is 17.2 Å². The number of methoxy groups -OCH3 is 2. The van der Waals surface area contributed by atoms with Crippen molar-refractivity contribution in [1.82, 2.24) is 10.2 Å². The highest BCUT2D eigenvalue weighted by molar-refractivity contribution is 5.77. The molecule has 49 heavy (non-hydrogen) atoms. The number of benzene rings is 4. The largest absolute Gasteiger partial charge is 0.493 e. The number of ether oxygens (including phenoxy) is 3. The molecule has 0 aromatic heterocycles. The van der Waals surface area contributed by atoms with Crippen molar-refractivity contribution in [1.29, 1.82) is 0 Å². The number of para-hydroxylation sites is 1. The highest BCUT2D eigenvalue weighted by Crippen LogP contribution is 2.45. The topological polar surface area (TPSA) is 60.0 Å². The first-order valence-corrected chi connectivity index (χ1v) is 18.1. The van der Waals surface area contributed by atoms with Gasteiger partial charge in [0, 0.05) is 17.5 Å². The molecule has 1 aliphatic carbocycles. The summed E-state index contributed by atoms with van der Waals surface area (Å²) >= 11 is 0. The molecule has 0 bridgehead atoms. The van der Waals surface area contributed by atoms with Crippen molar-refractivity contribution in [3.63, 3.8) is 0 Å². The van der Waals surface area contributed by atoms with Crippen LogP contribution >= 0.6 is 0 Å². The van der Waals surface area contributed by atoms with Crippen molar-refractivity contribution in [2.75, 3.05) is 40.5 Å². The van der Waals surface area contributed by atoms with Crippen LogP contribution in [0.3, 0.4) is 0 Å². The van der Waals surface area contributed by atoms with Crippen LogP contribution in [0.2, 0.25) is 0 Å². The maximum Gasteiger partial charge on any atom is 0.257 e. The standard InChI is InChI=1S/C43H52N2O4/c1-47-39-30-34-22-26-42(32-35(34)31-40(39)48-2)23-12-13-28-45(42)29-15-25-43(36-16-6-3-7-17-36,37-18-8-4-9-19-37)24-14-27-44-41(46)33-49-38-20-10-5-11-21-38/h3-11,16-21,30-31H,12-15,22-29,32-33H2,1-2H3,(H,44,46). The van der Waals surface area contributed by atoms with Crippen LogP contribution in [0.25, 0.3) is 0 Å². The minimum Gasteiger partial charge on any atom is -0.493 e. The van der Waals surface area contributed by atoms with Crippen LogP contribution in [-0.4, -0.2) is 56.8 Å².